The van der Waals surface area contributed by atoms with Crippen molar-refractivity contribution in [2.75, 3.05) is 6.54 Å². The quantitative estimate of drug-likeness (QED) is 0.802. The van der Waals surface area contributed by atoms with Gasteiger partial charge in [-0.2, -0.15) is 0 Å². The third-order valence-electron chi connectivity index (χ3n) is 2.69. The molecule has 2 rings (SSSR count). The monoisotopic (exact) mass is 332 g/mol. The molecule has 20 heavy (non-hydrogen) atoms. The van der Waals surface area contributed by atoms with Crippen LogP contribution in [0.4, 0.5) is 0 Å². The maximum Gasteiger partial charge on any atom is 0.267 e. The summed E-state index contributed by atoms with van der Waals surface area (Å²) in [7, 11) is 0. The average molecular weight is 334 g/mol. The number of halogens is 3. The van der Waals surface area contributed by atoms with Crippen molar-refractivity contribution in [3.05, 3.63) is 56.8 Å². The summed E-state index contributed by atoms with van der Waals surface area (Å²) in [5, 5.41) is 13.5. The number of benzene rings is 1. The van der Waals surface area contributed by atoms with Gasteiger partial charge in [0.1, 0.15) is 10.8 Å². The zero-order valence-electron chi connectivity index (χ0n) is 10.2. The third-order valence-corrected chi connectivity index (χ3v) is 3.73. The van der Waals surface area contributed by atoms with Gasteiger partial charge in [-0.25, -0.2) is 0 Å². The van der Waals surface area contributed by atoms with Crippen LogP contribution in [-0.2, 0) is 0 Å². The predicted octanol–water partition coefficient (Wildman–Crippen LogP) is 3.44. The molecular formula is C13H11Cl3N2O2. The molecule has 0 spiro atoms. The van der Waals surface area contributed by atoms with Gasteiger partial charge in [0.05, 0.1) is 11.1 Å². The summed E-state index contributed by atoms with van der Waals surface area (Å²) in [5.74, 6) is -0.412. The van der Waals surface area contributed by atoms with Crippen LogP contribution in [0.15, 0.2) is 30.3 Å². The Bertz CT molecular complexity index is 608. The first-order valence-corrected chi connectivity index (χ1v) is 6.87. The lowest BCUT2D eigenvalue weighted by molar-refractivity contribution is 0.0912. The van der Waals surface area contributed by atoms with Crippen molar-refractivity contribution >= 4 is 40.7 Å². The van der Waals surface area contributed by atoms with Crippen molar-refractivity contribution in [2.45, 2.75) is 6.10 Å². The maximum atomic E-state index is 11.8. The first-order valence-electron chi connectivity index (χ1n) is 5.73. The highest BCUT2D eigenvalue weighted by atomic mass is 35.5. The highest BCUT2D eigenvalue weighted by Gasteiger charge is 2.15. The van der Waals surface area contributed by atoms with Crippen molar-refractivity contribution in [1.82, 2.24) is 10.3 Å². The predicted molar refractivity (Wildman–Crippen MR) is 79.6 cm³/mol. The molecule has 0 aliphatic heterocycles. The number of rotatable bonds is 4. The molecule has 1 heterocycles. The summed E-state index contributed by atoms with van der Waals surface area (Å²) in [6.45, 7) is 0.0246. The molecule has 0 saturated carbocycles. The Morgan fingerprint density at radius 2 is 1.95 bits per heavy atom. The Balaban J connectivity index is 1.98. The first kappa shape index (κ1) is 15.2. The molecule has 1 amide bonds. The lowest BCUT2D eigenvalue weighted by Gasteiger charge is -2.13. The molecular weight excluding hydrogens is 323 g/mol. The van der Waals surface area contributed by atoms with E-state index in [4.69, 9.17) is 34.8 Å². The van der Waals surface area contributed by atoms with E-state index in [-0.39, 0.29) is 22.4 Å². The van der Waals surface area contributed by atoms with Crippen molar-refractivity contribution in [1.29, 1.82) is 0 Å². The van der Waals surface area contributed by atoms with Gasteiger partial charge in [0, 0.05) is 17.1 Å². The molecule has 1 aromatic heterocycles. The van der Waals surface area contributed by atoms with Crippen molar-refractivity contribution in [3.8, 4) is 0 Å². The number of aliphatic hydroxyl groups is 1. The average Bonchev–Trinajstić information content (AvgIpc) is 2.76. The van der Waals surface area contributed by atoms with Gasteiger partial charge < -0.3 is 15.4 Å². The lowest BCUT2D eigenvalue weighted by Crippen LogP contribution is -2.28. The van der Waals surface area contributed by atoms with E-state index in [0.29, 0.717) is 10.6 Å². The van der Waals surface area contributed by atoms with Crippen LogP contribution < -0.4 is 5.32 Å². The summed E-state index contributed by atoms with van der Waals surface area (Å²) in [4.78, 5) is 14.5. The lowest BCUT2D eigenvalue weighted by atomic mass is 10.1. The van der Waals surface area contributed by atoms with Gasteiger partial charge >= 0.3 is 0 Å². The molecule has 4 nitrogen and oxygen atoms in total. The summed E-state index contributed by atoms with van der Waals surface area (Å²) in [5.41, 5.74) is 0.781. The van der Waals surface area contributed by atoms with Crippen LogP contribution in [0.3, 0.4) is 0 Å². The second-order valence-corrected chi connectivity index (χ2v) is 5.28. The van der Waals surface area contributed by atoms with E-state index < -0.39 is 12.0 Å². The zero-order chi connectivity index (χ0) is 14.7. The SMILES string of the molecule is O=C(NCC(O)c1ccccc1Cl)c1cc(Cl)c(Cl)[nH]1. The molecule has 7 heteroatoms. The number of carbonyl (C=O) groups is 1. The topological polar surface area (TPSA) is 65.1 Å². The van der Waals surface area contributed by atoms with Crippen molar-refractivity contribution in [3.63, 3.8) is 0 Å². The highest BCUT2D eigenvalue weighted by molar-refractivity contribution is 6.41. The Hall–Kier alpha value is -1.20. The normalized spacial score (nSPS) is 12.2. The molecule has 3 N–H and O–H groups in total. The van der Waals surface area contributed by atoms with Gasteiger partial charge in [0.2, 0.25) is 0 Å². The van der Waals surface area contributed by atoms with Crippen LogP contribution in [0.25, 0.3) is 0 Å². The number of aromatic nitrogens is 1. The fraction of sp³-hybridized carbons (Fsp3) is 0.154. The van der Waals surface area contributed by atoms with Crippen LogP contribution in [0.2, 0.25) is 15.2 Å². The van der Waals surface area contributed by atoms with Crippen molar-refractivity contribution < 1.29 is 9.90 Å². The van der Waals surface area contributed by atoms with Gasteiger partial charge in [-0.1, -0.05) is 53.0 Å². The molecule has 0 bridgehead atoms. The maximum absolute atomic E-state index is 11.8. The van der Waals surface area contributed by atoms with Crippen LogP contribution in [0.5, 0.6) is 0 Å². The largest absolute Gasteiger partial charge is 0.387 e. The Morgan fingerprint density at radius 3 is 2.55 bits per heavy atom. The number of aromatic amines is 1. The van der Waals surface area contributed by atoms with E-state index in [9.17, 15) is 9.90 Å². The number of carbonyl (C=O) groups excluding carboxylic acids is 1. The highest BCUT2D eigenvalue weighted by Crippen LogP contribution is 2.23. The van der Waals surface area contributed by atoms with E-state index in [1.54, 1.807) is 24.3 Å². The fourth-order valence-electron chi connectivity index (χ4n) is 1.67. The number of hydrogen-bond acceptors (Lipinski definition) is 2. The van der Waals surface area contributed by atoms with E-state index in [2.05, 4.69) is 10.3 Å². The van der Waals surface area contributed by atoms with Gasteiger partial charge in [-0.3, -0.25) is 4.79 Å². The number of H-pyrrole nitrogens is 1. The zero-order valence-corrected chi connectivity index (χ0v) is 12.4. The van der Waals surface area contributed by atoms with Crippen LogP contribution >= 0.6 is 34.8 Å². The minimum absolute atomic E-state index is 0.0246. The minimum Gasteiger partial charge on any atom is -0.387 e. The van der Waals surface area contributed by atoms with Gasteiger partial charge in [0.15, 0.2) is 0 Å². The first-order chi connectivity index (χ1) is 9.49. The van der Waals surface area contributed by atoms with Gasteiger partial charge in [0.25, 0.3) is 5.91 Å². The van der Waals surface area contributed by atoms with Crippen LogP contribution in [-0.4, -0.2) is 22.5 Å². The molecule has 1 aromatic carbocycles. The summed E-state index contributed by atoms with van der Waals surface area (Å²) < 4.78 is 0. The standard InChI is InChI=1S/C13H11Cl3N2O2/c14-8-4-2-1-3-7(8)11(19)6-17-13(20)10-5-9(15)12(16)18-10/h1-5,11,18-19H,6H2,(H,17,20). The molecule has 0 aliphatic carbocycles. The second-order valence-electron chi connectivity index (χ2n) is 4.09. The number of amides is 1. The van der Waals surface area contributed by atoms with Crippen LogP contribution in [0, 0.1) is 0 Å². The molecule has 0 fully saturated rings. The van der Waals surface area contributed by atoms with E-state index >= 15 is 0 Å². The molecule has 0 aliphatic rings. The molecule has 1 atom stereocenters. The smallest absolute Gasteiger partial charge is 0.267 e. The Labute approximate surface area is 130 Å². The second kappa shape index (κ2) is 6.50. The number of nitrogens with one attached hydrogen (secondary N) is 2. The molecule has 2 aromatic rings. The summed E-state index contributed by atoms with van der Waals surface area (Å²) >= 11 is 17.4. The number of hydrogen-bond donors (Lipinski definition) is 3. The van der Waals surface area contributed by atoms with Gasteiger partial charge in [-0.15, -0.1) is 0 Å². The molecule has 106 valence electrons. The fourth-order valence-corrected chi connectivity index (χ4v) is 2.24. The minimum atomic E-state index is -0.895. The Kier molecular flexibility index (Phi) is 4.94. The molecule has 1 unspecified atom stereocenters. The molecule has 0 saturated heterocycles. The van der Waals surface area contributed by atoms with E-state index in [1.807, 2.05) is 0 Å². The Morgan fingerprint density at radius 1 is 1.25 bits per heavy atom. The number of aliphatic hydroxyl groups excluding tert-OH is 1. The van der Waals surface area contributed by atoms with Gasteiger partial charge in [-0.05, 0) is 12.1 Å². The van der Waals surface area contributed by atoms with Crippen LogP contribution in [0.1, 0.15) is 22.2 Å². The van der Waals surface area contributed by atoms with E-state index in [0.717, 1.165) is 0 Å². The summed E-state index contributed by atoms with van der Waals surface area (Å²) in [6.07, 6.45) is -0.895. The van der Waals surface area contributed by atoms with Crippen molar-refractivity contribution in [2.24, 2.45) is 0 Å². The molecule has 0 radical (unpaired) electrons. The summed E-state index contributed by atoms with van der Waals surface area (Å²) in [6, 6.07) is 8.31. The third kappa shape index (κ3) is 3.46. The van der Waals surface area contributed by atoms with E-state index in [1.165, 1.54) is 6.07 Å².